The van der Waals surface area contributed by atoms with Gasteiger partial charge in [-0.1, -0.05) is 30.3 Å². The van der Waals surface area contributed by atoms with E-state index in [2.05, 4.69) is 0 Å². The molecule has 0 unspecified atom stereocenters. The van der Waals surface area contributed by atoms with Crippen LogP contribution in [-0.2, 0) is 17.8 Å². The first-order chi connectivity index (χ1) is 10.1. The van der Waals surface area contributed by atoms with Gasteiger partial charge < -0.3 is 9.84 Å². The number of benzene rings is 2. The van der Waals surface area contributed by atoms with Crippen LogP contribution in [0.4, 0.5) is 0 Å². The third kappa shape index (κ3) is 3.92. The lowest BCUT2D eigenvalue weighted by Crippen LogP contribution is -2.03. The molecule has 0 atom stereocenters. The molecule has 2 aromatic carbocycles. The van der Waals surface area contributed by atoms with Crippen LogP contribution in [0.25, 0.3) is 0 Å². The summed E-state index contributed by atoms with van der Waals surface area (Å²) in [5.74, 6) is -0.470. The van der Waals surface area contributed by atoms with Gasteiger partial charge in [-0.3, -0.25) is 9.59 Å². The number of aryl methyl sites for hydroxylation is 1. The van der Waals surface area contributed by atoms with Crippen molar-refractivity contribution in [2.24, 2.45) is 0 Å². The lowest BCUT2D eigenvalue weighted by molar-refractivity contribution is -0.136. The van der Waals surface area contributed by atoms with Gasteiger partial charge in [0.15, 0.2) is 6.29 Å². The van der Waals surface area contributed by atoms with Gasteiger partial charge in [-0.05, 0) is 35.7 Å². The molecular weight excluding hydrogens is 268 g/mol. The Bertz CT molecular complexity index is 662. The second kappa shape index (κ2) is 6.70. The zero-order valence-corrected chi connectivity index (χ0v) is 11.7. The summed E-state index contributed by atoms with van der Waals surface area (Å²) >= 11 is 0. The first-order valence-electron chi connectivity index (χ1n) is 6.57. The number of carbonyl (C=O) groups is 2. The number of carboxylic acids is 1. The topological polar surface area (TPSA) is 63.6 Å². The molecule has 0 spiro atoms. The molecule has 0 fully saturated rings. The van der Waals surface area contributed by atoms with Crippen molar-refractivity contribution in [3.63, 3.8) is 0 Å². The molecule has 0 aliphatic heterocycles. The lowest BCUT2D eigenvalue weighted by Gasteiger charge is -2.11. The summed E-state index contributed by atoms with van der Waals surface area (Å²) < 4.78 is 5.68. The largest absolute Gasteiger partial charge is 0.488 e. The van der Waals surface area contributed by atoms with E-state index in [-0.39, 0.29) is 6.42 Å². The maximum atomic E-state index is 11.1. The highest BCUT2D eigenvalue weighted by Crippen LogP contribution is 2.21. The first kappa shape index (κ1) is 14.8. The smallest absolute Gasteiger partial charge is 0.307 e. The van der Waals surface area contributed by atoms with Crippen LogP contribution in [0, 0.1) is 6.92 Å². The summed E-state index contributed by atoms with van der Waals surface area (Å²) in [7, 11) is 0. The van der Waals surface area contributed by atoms with Crippen molar-refractivity contribution in [1.82, 2.24) is 0 Å². The molecular formula is C17H16O4. The van der Waals surface area contributed by atoms with Crippen molar-refractivity contribution >= 4 is 12.3 Å². The molecule has 2 rings (SSSR count). The molecule has 0 saturated heterocycles. The van der Waals surface area contributed by atoms with Crippen LogP contribution in [0.1, 0.15) is 27.0 Å². The molecule has 1 N–H and O–H groups in total. The zero-order chi connectivity index (χ0) is 15.2. The van der Waals surface area contributed by atoms with Crippen LogP contribution in [0.2, 0.25) is 0 Å². The van der Waals surface area contributed by atoms with Crippen molar-refractivity contribution in [2.45, 2.75) is 20.0 Å². The van der Waals surface area contributed by atoms with Crippen molar-refractivity contribution in [3.8, 4) is 5.75 Å². The molecule has 0 saturated carbocycles. The summed E-state index contributed by atoms with van der Waals surface area (Å²) in [6, 6.07) is 12.7. The SMILES string of the molecule is Cc1ccccc1COc1ccc(CC(=O)O)cc1C=O. The molecule has 108 valence electrons. The van der Waals surface area contributed by atoms with Crippen LogP contribution in [0.5, 0.6) is 5.75 Å². The van der Waals surface area contributed by atoms with Gasteiger partial charge in [-0.15, -0.1) is 0 Å². The van der Waals surface area contributed by atoms with Crippen molar-refractivity contribution in [2.75, 3.05) is 0 Å². The van der Waals surface area contributed by atoms with Crippen LogP contribution < -0.4 is 4.74 Å². The summed E-state index contributed by atoms with van der Waals surface area (Å²) in [5.41, 5.74) is 3.10. The predicted octanol–water partition coefficient (Wildman–Crippen LogP) is 3.01. The fourth-order valence-corrected chi connectivity index (χ4v) is 2.03. The molecule has 0 amide bonds. The third-order valence-electron chi connectivity index (χ3n) is 3.20. The predicted molar refractivity (Wildman–Crippen MR) is 78.7 cm³/mol. The molecule has 0 heterocycles. The van der Waals surface area contributed by atoms with Gasteiger partial charge in [-0.25, -0.2) is 0 Å². The third-order valence-corrected chi connectivity index (χ3v) is 3.20. The molecule has 0 bridgehead atoms. The summed E-state index contributed by atoms with van der Waals surface area (Å²) in [6.07, 6.45) is 0.567. The van der Waals surface area contributed by atoms with Crippen molar-refractivity contribution in [1.29, 1.82) is 0 Å². The Labute approximate surface area is 123 Å². The minimum atomic E-state index is -0.930. The van der Waals surface area contributed by atoms with Crippen LogP contribution in [-0.4, -0.2) is 17.4 Å². The quantitative estimate of drug-likeness (QED) is 0.828. The normalized spacial score (nSPS) is 10.1. The Morgan fingerprint density at radius 2 is 2.00 bits per heavy atom. The van der Waals surface area contributed by atoms with Crippen LogP contribution >= 0.6 is 0 Å². The van der Waals surface area contributed by atoms with Gasteiger partial charge in [0.05, 0.1) is 12.0 Å². The van der Waals surface area contributed by atoms with Crippen molar-refractivity contribution < 1.29 is 19.4 Å². The second-order valence-electron chi connectivity index (χ2n) is 4.78. The molecule has 0 aliphatic carbocycles. The van der Waals surface area contributed by atoms with Gasteiger partial charge >= 0.3 is 5.97 Å². The van der Waals surface area contributed by atoms with Gasteiger partial charge in [0.1, 0.15) is 12.4 Å². The molecule has 4 heteroatoms. The average Bonchev–Trinajstić information content (AvgIpc) is 2.46. The summed E-state index contributed by atoms with van der Waals surface area (Å²) in [6.45, 7) is 2.36. The standard InChI is InChI=1S/C17H16O4/c1-12-4-2-3-5-14(12)11-21-16-7-6-13(9-17(19)20)8-15(16)10-18/h2-8,10H,9,11H2,1H3,(H,19,20). The first-order valence-corrected chi connectivity index (χ1v) is 6.57. The Morgan fingerprint density at radius 3 is 2.67 bits per heavy atom. The van der Waals surface area contributed by atoms with E-state index in [1.54, 1.807) is 18.2 Å². The number of rotatable bonds is 6. The Kier molecular flexibility index (Phi) is 4.72. The van der Waals surface area contributed by atoms with Crippen molar-refractivity contribution in [3.05, 3.63) is 64.7 Å². The van der Waals surface area contributed by atoms with E-state index in [9.17, 15) is 9.59 Å². The molecule has 0 radical (unpaired) electrons. The number of carboxylic acid groups (broad SMARTS) is 1. The van der Waals surface area contributed by atoms with E-state index in [0.717, 1.165) is 11.1 Å². The summed E-state index contributed by atoms with van der Waals surface area (Å²) in [4.78, 5) is 21.8. The molecule has 0 aliphatic rings. The Hall–Kier alpha value is -2.62. The number of ether oxygens (including phenoxy) is 1. The van der Waals surface area contributed by atoms with Gasteiger partial charge in [0, 0.05) is 0 Å². The lowest BCUT2D eigenvalue weighted by atomic mass is 10.1. The maximum absolute atomic E-state index is 11.1. The second-order valence-corrected chi connectivity index (χ2v) is 4.78. The van der Waals surface area contributed by atoms with Crippen LogP contribution in [0.15, 0.2) is 42.5 Å². The average molecular weight is 284 g/mol. The van der Waals surface area contributed by atoms with E-state index in [4.69, 9.17) is 9.84 Å². The number of carbonyl (C=O) groups excluding carboxylic acids is 1. The molecule has 0 aromatic heterocycles. The monoisotopic (exact) mass is 284 g/mol. The maximum Gasteiger partial charge on any atom is 0.307 e. The highest BCUT2D eigenvalue weighted by atomic mass is 16.5. The minimum absolute atomic E-state index is 0.112. The van der Waals surface area contributed by atoms with E-state index in [1.165, 1.54) is 0 Å². The number of aldehydes is 1. The van der Waals surface area contributed by atoms with Gasteiger partial charge in [0.25, 0.3) is 0 Å². The Balaban J connectivity index is 2.15. The fraction of sp³-hybridized carbons (Fsp3) is 0.176. The highest BCUT2D eigenvalue weighted by molar-refractivity contribution is 5.80. The van der Waals surface area contributed by atoms with Gasteiger partial charge in [-0.2, -0.15) is 0 Å². The van der Waals surface area contributed by atoms with E-state index < -0.39 is 5.97 Å². The molecule has 21 heavy (non-hydrogen) atoms. The fourth-order valence-electron chi connectivity index (χ4n) is 2.03. The molecule has 4 nitrogen and oxygen atoms in total. The highest BCUT2D eigenvalue weighted by Gasteiger charge is 2.08. The zero-order valence-electron chi connectivity index (χ0n) is 11.7. The minimum Gasteiger partial charge on any atom is -0.488 e. The van der Waals surface area contributed by atoms with E-state index in [1.807, 2.05) is 31.2 Å². The number of hydrogen-bond donors (Lipinski definition) is 1. The van der Waals surface area contributed by atoms with Gasteiger partial charge in [0.2, 0.25) is 0 Å². The summed E-state index contributed by atoms with van der Waals surface area (Å²) in [5, 5.41) is 8.76. The number of hydrogen-bond acceptors (Lipinski definition) is 3. The number of aliphatic carboxylic acids is 1. The van der Waals surface area contributed by atoms with E-state index >= 15 is 0 Å². The van der Waals surface area contributed by atoms with Crippen LogP contribution in [0.3, 0.4) is 0 Å². The molecule has 2 aromatic rings. The Morgan fingerprint density at radius 1 is 1.24 bits per heavy atom. The van der Waals surface area contributed by atoms with E-state index in [0.29, 0.717) is 29.8 Å².